The molecule has 108 valence electrons. The minimum atomic E-state index is -0.685. The molecule has 0 aliphatic carbocycles. The summed E-state index contributed by atoms with van der Waals surface area (Å²) in [5, 5.41) is 10.8. The predicted molar refractivity (Wildman–Crippen MR) is 71.8 cm³/mol. The number of pyridine rings is 1. The standard InChI is InChI=1S/C12H14ClN3O4/c1-7-5-15(6-8(2)20-7)12(17)9-3-4-14-11(13)10(9)16(18)19/h3-4,7-8H,5-6H2,1-2H3/t7-,8+. The number of ether oxygens (including phenoxy) is 1. The van der Waals surface area contributed by atoms with Crippen LogP contribution >= 0.6 is 11.6 Å². The molecule has 0 radical (unpaired) electrons. The molecule has 1 aromatic rings. The summed E-state index contributed by atoms with van der Waals surface area (Å²) >= 11 is 5.72. The first kappa shape index (κ1) is 14.7. The molecule has 1 amide bonds. The van der Waals surface area contributed by atoms with E-state index < -0.39 is 16.5 Å². The van der Waals surface area contributed by atoms with Crippen LogP contribution in [0.1, 0.15) is 24.2 Å². The van der Waals surface area contributed by atoms with Gasteiger partial charge in [0, 0.05) is 19.3 Å². The molecule has 1 aliphatic heterocycles. The lowest BCUT2D eigenvalue weighted by Gasteiger charge is -2.35. The molecule has 1 fully saturated rings. The van der Waals surface area contributed by atoms with Gasteiger partial charge in [-0.3, -0.25) is 14.9 Å². The zero-order chi connectivity index (χ0) is 14.9. The van der Waals surface area contributed by atoms with Gasteiger partial charge in [-0.15, -0.1) is 0 Å². The number of nitrogens with zero attached hydrogens (tertiary/aromatic N) is 3. The largest absolute Gasteiger partial charge is 0.372 e. The fourth-order valence-electron chi connectivity index (χ4n) is 2.29. The normalized spacial score (nSPS) is 22.6. The Labute approximate surface area is 120 Å². The zero-order valence-electron chi connectivity index (χ0n) is 11.1. The Morgan fingerprint density at radius 3 is 2.65 bits per heavy atom. The summed E-state index contributed by atoms with van der Waals surface area (Å²) in [6, 6.07) is 1.32. The van der Waals surface area contributed by atoms with Crippen LogP contribution in [0.5, 0.6) is 0 Å². The van der Waals surface area contributed by atoms with Crippen molar-refractivity contribution in [2.24, 2.45) is 0 Å². The molecule has 2 heterocycles. The maximum atomic E-state index is 12.4. The van der Waals surface area contributed by atoms with E-state index in [9.17, 15) is 14.9 Å². The van der Waals surface area contributed by atoms with E-state index in [1.165, 1.54) is 17.2 Å². The molecule has 1 aliphatic rings. The van der Waals surface area contributed by atoms with Crippen LogP contribution in [0.25, 0.3) is 0 Å². The van der Waals surface area contributed by atoms with E-state index >= 15 is 0 Å². The molecule has 1 aromatic heterocycles. The number of hydrogen-bond donors (Lipinski definition) is 0. The highest BCUT2D eigenvalue weighted by Gasteiger charge is 2.32. The first-order valence-electron chi connectivity index (χ1n) is 6.13. The molecule has 0 unspecified atom stereocenters. The summed E-state index contributed by atoms with van der Waals surface area (Å²) in [4.78, 5) is 28.0. The average molecular weight is 300 g/mol. The van der Waals surface area contributed by atoms with Gasteiger partial charge in [0.1, 0.15) is 5.56 Å². The Bertz CT molecular complexity index is 542. The van der Waals surface area contributed by atoms with Crippen LogP contribution in [0, 0.1) is 10.1 Å². The molecule has 7 nitrogen and oxygen atoms in total. The summed E-state index contributed by atoms with van der Waals surface area (Å²) in [7, 11) is 0. The third kappa shape index (κ3) is 2.88. The van der Waals surface area contributed by atoms with E-state index in [1.807, 2.05) is 13.8 Å². The molecular weight excluding hydrogens is 286 g/mol. The maximum Gasteiger partial charge on any atom is 0.319 e. The highest BCUT2D eigenvalue weighted by atomic mass is 35.5. The molecule has 8 heteroatoms. The second kappa shape index (κ2) is 5.72. The summed E-state index contributed by atoms with van der Waals surface area (Å²) in [5.41, 5.74) is -0.498. The number of halogens is 1. The first-order chi connectivity index (χ1) is 9.40. The van der Waals surface area contributed by atoms with Crippen LogP contribution in [0.2, 0.25) is 5.15 Å². The van der Waals surface area contributed by atoms with Crippen LogP contribution in [0.15, 0.2) is 12.3 Å². The lowest BCUT2D eigenvalue weighted by atomic mass is 10.1. The van der Waals surface area contributed by atoms with E-state index in [0.29, 0.717) is 13.1 Å². The molecule has 20 heavy (non-hydrogen) atoms. The summed E-state index contributed by atoms with van der Waals surface area (Å²) in [6.07, 6.45) is 1.06. The molecule has 0 bridgehead atoms. The van der Waals surface area contributed by atoms with Gasteiger partial charge in [-0.05, 0) is 19.9 Å². The van der Waals surface area contributed by atoms with Crippen molar-refractivity contribution in [3.63, 3.8) is 0 Å². The number of rotatable bonds is 2. The third-order valence-corrected chi connectivity index (χ3v) is 3.28. The number of amides is 1. The van der Waals surface area contributed by atoms with Gasteiger partial charge in [0.05, 0.1) is 17.1 Å². The third-order valence-electron chi connectivity index (χ3n) is 3.00. The van der Waals surface area contributed by atoms with E-state index in [0.717, 1.165) is 0 Å². The Balaban J connectivity index is 2.34. The lowest BCUT2D eigenvalue weighted by molar-refractivity contribution is -0.385. The van der Waals surface area contributed by atoms with E-state index in [4.69, 9.17) is 16.3 Å². The lowest BCUT2D eigenvalue weighted by Crippen LogP contribution is -2.48. The molecule has 2 rings (SSSR count). The van der Waals surface area contributed by atoms with Gasteiger partial charge in [0.25, 0.3) is 5.91 Å². The quantitative estimate of drug-likeness (QED) is 0.473. The van der Waals surface area contributed by atoms with Crippen molar-refractivity contribution in [1.29, 1.82) is 0 Å². The smallest absolute Gasteiger partial charge is 0.319 e. The zero-order valence-corrected chi connectivity index (χ0v) is 11.8. The summed E-state index contributed by atoms with van der Waals surface area (Å²) < 4.78 is 5.54. The van der Waals surface area contributed by atoms with Crippen LogP contribution in [0.3, 0.4) is 0 Å². The summed E-state index contributed by atoms with van der Waals surface area (Å²) in [6.45, 7) is 4.48. The molecule has 1 saturated heterocycles. The highest BCUT2D eigenvalue weighted by Crippen LogP contribution is 2.27. The van der Waals surface area contributed by atoms with E-state index in [2.05, 4.69) is 4.98 Å². The van der Waals surface area contributed by atoms with Crippen molar-refractivity contribution in [3.05, 3.63) is 33.1 Å². The van der Waals surface area contributed by atoms with Crippen molar-refractivity contribution in [3.8, 4) is 0 Å². The van der Waals surface area contributed by atoms with Gasteiger partial charge in [-0.1, -0.05) is 11.6 Å². The fourth-order valence-corrected chi connectivity index (χ4v) is 2.52. The van der Waals surface area contributed by atoms with E-state index in [-0.39, 0.29) is 22.9 Å². The fraction of sp³-hybridized carbons (Fsp3) is 0.500. The summed E-state index contributed by atoms with van der Waals surface area (Å²) in [5.74, 6) is -0.428. The Morgan fingerprint density at radius 1 is 1.50 bits per heavy atom. The van der Waals surface area contributed by atoms with E-state index in [1.54, 1.807) is 0 Å². The van der Waals surface area contributed by atoms with Crippen molar-refractivity contribution in [2.45, 2.75) is 26.1 Å². The molecule has 0 saturated carbocycles. The van der Waals surface area contributed by atoms with Gasteiger partial charge < -0.3 is 9.64 Å². The number of hydrogen-bond acceptors (Lipinski definition) is 5. The second-order valence-corrected chi connectivity index (χ2v) is 5.08. The van der Waals surface area contributed by atoms with Gasteiger partial charge in [-0.2, -0.15) is 0 Å². The van der Waals surface area contributed by atoms with Crippen molar-refractivity contribution < 1.29 is 14.5 Å². The molecule has 2 atom stereocenters. The highest BCUT2D eigenvalue weighted by molar-refractivity contribution is 6.32. The van der Waals surface area contributed by atoms with Crippen LogP contribution in [0.4, 0.5) is 5.69 Å². The van der Waals surface area contributed by atoms with Gasteiger partial charge >= 0.3 is 5.69 Å². The van der Waals surface area contributed by atoms with Gasteiger partial charge in [0.15, 0.2) is 0 Å². The van der Waals surface area contributed by atoms with Crippen LogP contribution < -0.4 is 0 Å². The van der Waals surface area contributed by atoms with Crippen LogP contribution in [-0.2, 0) is 4.74 Å². The first-order valence-corrected chi connectivity index (χ1v) is 6.51. The molecule has 0 N–H and O–H groups in total. The molecule has 0 spiro atoms. The van der Waals surface area contributed by atoms with Gasteiger partial charge in [-0.25, -0.2) is 4.98 Å². The number of morpholine rings is 1. The number of nitro groups is 1. The minimum absolute atomic E-state index is 0.0451. The van der Waals surface area contributed by atoms with Crippen molar-refractivity contribution in [1.82, 2.24) is 9.88 Å². The Hall–Kier alpha value is -1.73. The van der Waals surface area contributed by atoms with Crippen molar-refractivity contribution >= 4 is 23.2 Å². The number of carbonyl (C=O) groups excluding carboxylic acids is 1. The number of carbonyl (C=O) groups is 1. The SMILES string of the molecule is C[C@@H]1CN(C(=O)c2ccnc(Cl)c2[N+](=O)[O-])C[C@H](C)O1. The van der Waals surface area contributed by atoms with Crippen LogP contribution in [-0.4, -0.2) is 46.0 Å². The monoisotopic (exact) mass is 299 g/mol. The molecule has 0 aromatic carbocycles. The van der Waals surface area contributed by atoms with Gasteiger partial charge in [0.2, 0.25) is 5.15 Å². The molecular formula is C12H14ClN3O4. The number of aromatic nitrogens is 1. The van der Waals surface area contributed by atoms with Crippen molar-refractivity contribution in [2.75, 3.05) is 13.1 Å². The Morgan fingerprint density at radius 2 is 2.10 bits per heavy atom. The Kier molecular flexibility index (Phi) is 4.20. The maximum absolute atomic E-state index is 12.4. The second-order valence-electron chi connectivity index (χ2n) is 4.72. The topological polar surface area (TPSA) is 85.6 Å². The average Bonchev–Trinajstić information content (AvgIpc) is 2.35. The minimum Gasteiger partial charge on any atom is -0.372 e. The predicted octanol–water partition coefficient (Wildman–Crippen LogP) is 1.89.